The molecule has 7 nitrogen and oxygen atoms in total. The van der Waals surface area contributed by atoms with E-state index in [-0.39, 0.29) is 18.7 Å². The van der Waals surface area contributed by atoms with Gasteiger partial charge in [-0.1, -0.05) is 12.1 Å². The number of nitrogens with zero attached hydrogens (tertiary/aromatic N) is 3. The number of aromatic nitrogens is 2. The van der Waals surface area contributed by atoms with Crippen molar-refractivity contribution in [3.05, 3.63) is 47.2 Å². The van der Waals surface area contributed by atoms with E-state index in [1.807, 2.05) is 13.0 Å². The number of nitrogens with one attached hydrogen (secondary N) is 2. The van der Waals surface area contributed by atoms with E-state index in [1.165, 1.54) is 12.1 Å². The van der Waals surface area contributed by atoms with Gasteiger partial charge in [0.15, 0.2) is 0 Å². The Bertz CT molecular complexity index is 959. The SMILES string of the molecule is Cc1cc(N2CCCC2)nc(NCCNS(=O)(=O)Cc2ccc(C(F)(F)F)cc2)n1. The molecular formula is C19H24F3N5O2S. The Balaban J connectivity index is 1.50. The maximum atomic E-state index is 12.6. The first kappa shape index (κ1) is 22.3. The average molecular weight is 443 g/mol. The number of rotatable bonds is 8. The highest BCUT2D eigenvalue weighted by Gasteiger charge is 2.30. The van der Waals surface area contributed by atoms with Crippen LogP contribution in [0.1, 0.15) is 29.7 Å². The zero-order chi connectivity index (χ0) is 21.8. The quantitative estimate of drug-likeness (QED) is 0.610. The summed E-state index contributed by atoms with van der Waals surface area (Å²) in [5, 5.41) is 3.01. The zero-order valence-electron chi connectivity index (χ0n) is 16.5. The van der Waals surface area contributed by atoms with Crippen molar-refractivity contribution in [2.75, 3.05) is 36.4 Å². The molecule has 1 saturated heterocycles. The zero-order valence-corrected chi connectivity index (χ0v) is 17.4. The van der Waals surface area contributed by atoms with E-state index in [1.54, 1.807) is 0 Å². The molecule has 0 unspecified atom stereocenters. The van der Waals surface area contributed by atoms with Crippen molar-refractivity contribution in [3.63, 3.8) is 0 Å². The van der Waals surface area contributed by atoms with Gasteiger partial charge in [0, 0.05) is 37.9 Å². The van der Waals surface area contributed by atoms with Crippen molar-refractivity contribution in [2.45, 2.75) is 31.7 Å². The topological polar surface area (TPSA) is 87.2 Å². The molecule has 0 bridgehead atoms. The number of alkyl halides is 3. The van der Waals surface area contributed by atoms with E-state index < -0.39 is 27.5 Å². The van der Waals surface area contributed by atoms with Crippen molar-refractivity contribution < 1.29 is 21.6 Å². The maximum Gasteiger partial charge on any atom is 0.416 e. The molecule has 0 saturated carbocycles. The van der Waals surface area contributed by atoms with Gasteiger partial charge in [-0.3, -0.25) is 0 Å². The molecule has 1 aliphatic heterocycles. The monoisotopic (exact) mass is 443 g/mol. The summed E-state index contributed by atoms with van der Waals surface area (Å²) < 4.78 is 64.6. The van der Waals surface area contributed by atoms with Gasteiger partial charge < -0.3 is 10.2 Å². The normalized spacial score (nSPS) is 14.9. The van der Waals surface area contributed by atoms with Crippen LogP contribution in [0.2, 0.25) is 0 Å². The minimum atomic E-state index is -4.45. The third-order valence-electron chi connectivity index (χ3n) is 4.64. The molecule has 3 rings (SSSR count). The molecule has 2 aromatic rings. The van der Waals surface area contributed by atoms with Crippen LogP contribution in [-0.4, -0.2) is 44.6 Å². The molecular weight excluding hydrogens is 419 g/mol. The fraction of sp³-hybridized carbons (Fsp3) is 0.474. The molecule has 0 atom stereocenters. The molecule has 1 aromatic carbocycles. The van der Waals surface area contributed by atoms with E-state index in [2.05, 4.69) is 24.9 Å². The molecule has 0 spiro atoms. The Morgan fingerprint density at radius 1 is 1.07 bits per heavy atom. The van der Waals surface area contributed by atoms with Crippen LogP contribution >= 0.6 is 0 Å². The van der Waals surface area contributed by atoms with Gasteiger partial charge in [0.25, 0.3) is 0 Å². The van der Waals surface area contributed by atoms with Gasteiger partial charge in [-0.15, -0.1) is 0 Å². The summed E-state index contributed by atoms with van der Waals surface area (Å²) in [6, 6.07) is 6.00. The van der Waals surface area contributed by atoms with Crippen LogP contribution in [0, 0.1) is 6.92 Å². The van der Waals surface area contributed by atoms with Crippen LogP contribution in [0.15, 0.2) is 30.3 Å². The largest absolute Gasteiger partial charge is 0.416 e. The molecule has 30 heavy (non-hydrogen) atoms. The third-order valence-corrected chi connectivity index (χ3v) is 6.00. The lowest BCUT2D eigenvalue weighted by molar-refractivity contribution is -0.137. The van der Waals surface area contributed by atoms with Gasteiger partial charge >= 0.3 is 6.18 Å². The van der Waals surface area contributed by atoms with Crippen molar-refractivity contribution in [3.8, 4) is 0 Å². The van der Waals surface area contributed by atoms with Crippen molar-refractivity contribution >= 4 is 21.8 Å². The van der Waals surface area contributed by atoms with Gasteiger partial charge in [0.2, 0.25) is 16.0 Å². The summed E-state index contributed by atoms with van der Waals surface area (Å²) in [4.78, 5) is 11.0. The summed E-state index contributed by atoms with van der Waals surface area (Å²) in [7, 11) is -3.69. The van der Waals surface area contributed by atoms with Crippen molar-refractivity contribution in [2.24, 2.45) is 0 Å². The van der Waals surface area contributed by atoms with E-state index >= 15 is 0 Å². The molecule has 1 aromatic heterocycles. The number of hydrogen-bond acceptors (Lipinski definition) is 6. The minimum Gasteiger partial charge on any atom is -0.356 e. The van der Waals surface area contributed by atoms with Crippen LogP contribution in [0.5, 0.6) is 0 Å². The van der Waals surface area contributed by atoms with Crippen LogP contribution < -0.4 is 14.9 Å². The second-order valence-electron chi connectivity index (χ2n) is 7.16. The van der Waals surface area contributed by atoms with Gasteiger partial charge in [-0.25, -0.2) is 18.1 Å². The summed E-state index contributed by atoms with van der Waals surface area (Å²) in [6.07, 6.45) is -2.19. The number of halogens is 3. The number of aryl methyl sites for hydroxylation is 1. The Morgan fingerprint density at radius 3 is 2.37 bits per heavy atom. The predicted molar refractivity (Wildman–Crippen MR) is 109 cm³/mol. The van der Waals surface area contributed by atoms with Gasteiger partial charge in [-0.05, 0) is 37.5 Å². The summed E-state index contributed by atoms with van der Waals surface area (Å²) in [5.41, 5.74) is 0.283. The highest BCUT2D eigenvalue weighted by atomic mass is 32.2. The van der Waals surface area contributed by atoms with Crippen LogP contribution in [0.4, 0.5) is 24.9 Å². The molecule has 2 N–H and O–H groups in total. The van der Waals surface area contributed by atoms with E-state index in [0.29, 0.717) is 5.95 Å². The Kier molecular flexibility index (Phi) is 6.81. The molecule has 11 heteroatoms. The molecule has 0 aliphatic carbocycles. The van der Waals surface area contributed by atoms with Crippen LogP contribution in [0.25, 0.3) is 0 Å². The van der Waals surface area contributed by atoms with Crippen LogP contribution in [-0.2, 0) is 22.0 Å². The number of sulfonamides is 1. The predicted octanol–water partition coefficient (Wildman–Crippen LogP) is 2.94. The fourth-order valence-electron chi connectivity index (χ4n) is 3.18. The lowest BCUT2D eigenvalue weighted by atomic mass is 10.1. The number of benzene rings is 1. The van der Waals surface area contributed by atoms with Crippen molar-refractivity contribution in [1.29, 1.82) is 0 Å². The number of hydrogen-bond donors (Lipinski definition) is 2. The second-order valence-corrected chi connectivity index (χ2v) is 8.97. The highest BCUT2D eigenvalue weighted by Crippen LogP contribution is 2.29. The fourth-order valence-corrected chi connectivity index (χ4v) is 4.33. The lowest BCUT2D eigenvalue weighted by Crippen LogP contribution is -2.30. The van der Waals surface area contributed by atoms with Crippen molar-refractivity contribution in [1.82, 2.24) is 14.7 Å². The Labute approximate surface area is 173 Å². The Hall–Kier alpha value is -2.40. The van der Waals surface area contributed by atoms with Gasteiger partial charge in [-0.2, -0.15) is 18.2 Å². The smallest absolute Gasteiger partial charge is 0.356 e. The molecule has 1 fully saturated rings. The van der Waals surface area contributed by atoms with Gasteiger partial charge in [0.1, 0.15) is 5.82 Å². The Morgan fingerprint density at radius 2 is 1.73 bits per heavy atom. The molecule has 2 heterocycles. The van der Waals surface area contributed by atoms with E-state index in [9.17, 15) is 21.6 Å². The molecule has 0 radical (unpaired) electrons. The van der Waals surface area contributed by atoms with Crippen LogP contribution in [0.3, 0.4) is 0 Å². The summed E-state index contributed by atoms with van der Waals surface area (Å²) in [5.74, 6) is 0.884. The summed E-state index contributed by atoms with van der Waals surface area (Å²) >= 11 is 0. The number of anilines is 2. The minimum absolute atomic E-state index is 0.0965. The molecule has 0 amide bonds. The highest BCUT2D eigenvalue weighted by molar-refractivity contribution is 7.88. The third kappa shape index (κ3) is 6.30. The first-order valence-electron chi connectivity index (χ1n) is 9.60. The summed E-state index contributed by atoms with van der Waals surface area (Å²) in [6.45, 7) is 4.16. The molecule has 164 valence electrons. The first-order chi connectivity index (χ1) is 14.1. The maximum absolute atomic E-state index is 12.6. The standard InChI is InChI=1S/C19H24F3N5O2S/c1-14-12-17(27-10-2-3-11-27)26-18(25-14)23-8-9-24-30(28,29)13-15-4-6-16(7-5-15)19(20,21)22/h4-7,12,24H,2-3,8-11,13H2,1H3,(H,23,25,26). The van der Waals surface area contributed by atoms with E-state index in [0.717, 1.165) is 49.6 Å². The average Bonchev–Trinajstić information content (AvgIpc) is 3.19. The lowest BCUT2D eigenvalue weighted by Gasteiger charge is -2.17. The molecule has 1 aliphatic rings. The van der Waals surface area contributed by atoms with E-state index in [4.69, 9.17) is 0 Å². The second kappa shape index (κ2) is 9.17. The first-order valence-corrected chi connectivity index (χ1v) is 11.3. The van der Waals surface area contributed by atoms with Gasteiger partial charge in [0.05, 0.1) is 11.3 Å².